The Hall–Kier alpha value is -2.32. The average molecular weight is 291 g/mol. The highest BCUT2D eigenvalue weighted by molar-refractivity contribution is 5.67. The summed E-state index contributed by atoms with van der Waals surface area (Å²) >= 11 is 0. The zero-order valence-corrected chi connectivity index (χ0v) is 12.1. The molecule has 0 aliphatic heterocycles. The molecule has 2 rings (SSSR count). The highest BCUT2D eigenvalue weighted by atomic mass is 16.6. The molecule has 0 radical (unpaired) electrons. The average Bonchev–Trinajstić information content (AvgIpc) is 2.86. The minimum Gasteiger partial charge on any atom is -0.334 e. The lowest BCUT2D eigenvalue weighted by molar-refractivity contribution is -0.384. The van der Waals surface area contributed by atoms with E-state index in [1.807, 2.05) is 25.9 Å². The first-order chi connectivity index (χ1) is 9.88. The lowest BCUT2D eigenvalue weighted by Gasteiger charge is -2.12. The molecule has 0 saturated carbocycles. The second-order valence-corrected chi connectivity index (χ2v) is 5.10. The number of benzene rings is 1. The summed E-state index contributed by atoms with van der Waals surface area (Å²) in [6, 6.07) is 4.32. The van der Waals surface area contributed by atoms with Crippen LogP contribution in [0.3, 0.4) is 0 Å². The summed E-state index contributed by atoms with van der Waals surface area (Å²) in [6.07, 6.45) is 0. The van der Waals surface area contributed by atoms with E-state index in [-0.39, 0.29) is 11.6 Å². The molecule has 1 heterocycles. The van der Waals surface area contributed by atoms with Crippen molar-refractivity contribution >= 4 is 5.69 Å². The molecule has 0 spiro atoms. The number of nitro groups is 1. The molecule has 0 saturated heterocycles. The van der Waals surface area contributed by atoms with Gasteiger partial charge in [0.15, 0.2) is 5.82 Å². The molecule has 0 aliphatic rings. The molecular weight excluding hydrogens is 274 g/mol. The summed E-state index contributed by atoms with van der Waals surface area (Å²) < 4.78 is 5.14. The smallest absolute Gasteiger partial charge is 0.282 e. The second kappa shape index (κ2) is 5.98. The fourth-order valence-electron chi connectivity index (χ4n) is 1.95. The summed E-state index contributed by atoms with van der Waals surface area (Å²) in [4.78, 5) is 16.7. The number of nitro benzene ring substituents is 1. The quantitative estimate of drug-likeness (QED) is 0.656. The molecule has 0 amide bonds. The van der Waals surface area contributed by atoms with E-state index in [4.69, 9.17) is 10.3 Å². The SMILES string of the molecule is Cc1ccc([N+](=O)[O-])c(-c2nc(C(N)CN(C)C)no2)c1. The lowest BCUT2D eigenvalue weighted by atomic mass is 10.1. The van der Waals surface area contributed by atoms with Crippen LogP contribution in [0.2, 0.25) is 0 Å². The van der Waals surface area contributed by atoms with Gasteiger partial charge >= 0.3 is 0 Å². The Labute approximate surface area is 121 Å². The van der Waals surface area contributed by atoms with Gasteiger partial charge in [-0.3, -0.25) is 10.1 Å². The van der Waals surface area contributed by atoms with Crippen molar-refractivity contribution in [2.75, 3.05) is 20.6 Å². The molecule has 21 heavy (non-hydrogen) atoms. The van der Waals surface area contributed by atoms with Crippen LogP contribution in [0.1, 0.15) is 17.4 Å². The standard InChI is InChI=1S/C13H17N5O3/c1-8-4-5-11(18(19)20)9(6-8)13-15-12(16-21-13)10(14)7-17(2)3/h4-6,10H,7,14H2,1-3H3. The summed E-state index contributed by atoms with van der Waals surface area (Å²) in [5.41, 5.74) is 7.05. The van der Waals surface area contributed by atoms with Crippen LogP contribution >= 0.6 is 0 Å². The predicted octanol–water partition coefficient (Wildman–Crippen LogP) is 1.51. The summed E-state index contributed by atoms with van der Waals surface area (Å²) in [7, 11) is 3.76. The van der Waals surface area contributed by atoms with E-state index < -0.39 is 11.0 Å². The fourth-order valence-corrected chi connectivity index (χ4v) is 1.95. The van der Waals surface area contributed by atoms with Gasteiger partial charge in [0.25, 0.3) is 11.6 Å². The lowest BCUT2D eigenvalue weighted by Crippen LogP contribution is -2.26. The molecule has 1 unspecified atom stereocenters. The van der Waals surface area contributed by atoms with E-state index in [1.165, 1.54) is 6.07 Å². The zero-order valence-electron chi connectivity index (χ0n) is 12.1. The number of rotatable bonds is 5. The van der Waals surface area contributed by atoms with Crippen LogP contribution < -0.4 is 5.73 Å². The first-order valence-electron chi connectivity index (χ1n) is 6.38. The van der Waals surface area contributed by atoms with Crippen LogP contribution in [0, 0.1) is 17.0 Å². The highest BCUT2D eigenvalue weighted by Crippen LogP contribution is 2.29. The summed E-state index contributed by atoms with van der Waals surface area (Å²) in [6.45, 7) is 2.39. The Morgan fingerprint density at radius 3 is 2.81 bits per heavy atom. The third-order valence-electron chi connectivity index (χ3n) is 2.91. The van der Waals surface area contributed by atoms with E-state index in [2.05, 4.69) is 10.1 Å². The third kappa shape index (κ3) is 3.41. The number of aryl methyl sites for hydroxylation is 1. The van der Waals surface area contributed by atoms with Crippen LogP contribution in [-0.2, 0) is 0 Å². The summed E-state index contributed by atoms with van der Waals surface area (Å²) in [5.74, 6) is 0.434. The van der Waals surface area contributed by atoms with E-state index in [9.17, 15) is 10.1 Å². The molecular formula is C13H17N5O3. The molecule has 0 aliphatic carbocycles. The highest BCUT2D eigenvalue weighted by Gasteiger charge is 2.22. The van der Waals surface area contributed by atoms with Crippen molar-refractivity contribution in [2.24, 2.45) is 5.73 Å². The minimum absolute atomic E-state index is 0.0722. The Bertz CT molecular complexity index is 653. The molecule has 1 aromatic carbocycles. The number of hydrogen-bond acceptors (Lipinski definition) is 7. The van der Waals surface area contributed by atoms with Crippen molar-refractivity contribution in [3.8, 4) is 11.5 Å². The van der Waals surface area contributed by atoms with Crippen LogP contribution in [-0.4, -0.2) is 40.6 Å². The van der Waals surface area contributed by atoms with Gasteiger partial charge < -0.3 is 15.2 Å². The molecule has 0 bridgehead atoms. The van der Waals surface area contributed by atoms with Crippen LogP contribution in [0.25, 0.3) is 11.5 Å². The molecule has 8 heteroatoms. The minimum atomic E-state index is -0.474. The van der Waals surface area contributed by atoms with Gasteiger partial charge in [-0.25, -0.2) is 0 Å². The number of aromatic nitrogens is 2. The normalized spacial score (nSPS) is 12.6. The van der Waals surface area contributed by atoms with E-state index in [0.29, 0.717) is 17.9 Å². The van der Waals surface area contributed by atoms with Crippen LogP contribution in [0.4, 0.5) is 5.69 Å². The monoisotopic (exact) mass is 291 g/mol. The largest absolute Gasteiger partial charge is 0.334 e. The Kier molecular flexibility index (Phi) is 4.29. The molecule has 2 aromatic rings. The van der Waals surface area contributed by atoms with E-state index in [1.54, 1.807) is 12.1 Å². The number of hydrogen-bond donors (Lipinski definition) is 1. The fraction of sp³-hybridized carbons (Fsp3) is 0.385. The van der Waals surface area contributed by atoms with E-state index in [0.717, 1.165) is 5.56 Å². The van der Waals surface area contributed by atoms with Crippen molar-refractivity contribution in [3.05, 3.63) is 39.7 Å². The number of nitrogens with two attached hydrogens (primary N) is 1. The zero-order chi connectivity index (χ0) is 15.6. The molecule has 1 atom stereocenters. The molecule has 2 N–H and O–H groups in total. The van der Waals surface area contributed by atoms with Gasteiger partial charge in [0.2, 0.25) is 0 Å². The molecule has 1 aromatic heterocycles. The first-order valence-corrected chi connectivity index (χ1v) is 6.38. The van der Waals surface area contributed by atoms with Crippen molar-refractivity contribution in [3.63, 3.8) is 0 Å². The predicted molar refractivity (Wildman–Crippen MR) is 76.6 cm³/mol. The van der Waals surface area contributed by atoms with Gasteiger partial charge in [0, 0.05) is 12.6 Å². The van der Waals surface area contributed by atoms with Gasteiger partial charge in [-0.15, -0.1) is 0 Å². The maximum atomic E-state index is 11.1. The molecule has 112 valence electrons. The van der Waals surface area contributed by atoms with Gasteiger partial charge in [-0.1, -0.05) is 11.2 Å². The van der Waals surface area contributed by atoms with Crippen molar-refractivity contribution in [1.29, 1.82) is 0 Å². The van der Waals surface area contributed by atoms with Gasteiger partial charge in [0.1, 0.15) is 5.56 Å². The number of likely N-dealkylation sites (N-methyl/N-ethyl adjacent to an activating group) is 1. The van der Waals surface area contributed by atoms with E-state index >= 15 is 0 Å². The Morgan fingerprint density at radius 2 is 2.19 bits per heavy atom. The maximum Gasteiger partial charge on any atom is 0.282 e. The van der Waals surface area contributed by atoms with Crippen LogP contribution in [0.15, 0.2) is 22.7 Å². The Balaban J connectivity index is 2.37. The van der Waals surface area contributed by atoms with Gasteiger partial charge in [0.05, 0.1) is 11.0 Å². The topological polar surface area (TPSA) is 111 Å². The Morgan fingerprint density at radius 1 is 1.48 bits per heavy atom. The molecule has 8 nitrogen and oxygen atoms in total. The van der Waals surface area contributed by atoms with Crippen molar-refractivity contribution in [1.82, 2.24) is 15.0 Å². The van der Waals surface area contributed by atoms with Crippen LogP contribution in [0.5, 0.6) is 0 Å². The van der Waals surface area contributed by atoms with Gasteiger partial charge in [-0.05, 0) is 32.6 Å². The third-order valence-corrected chi connectivity index (χ3v) is 2.91. The van der Waals surface area contributed by atoms with Crippen molar-refractivity contribution < 1.29 is 9.45 Å². The summed E-state index contributed by atoms with van der Waals surface area (Å²) in [5, 5.41) is 14.9. The van der Waals surface area contributed by atoms with Crippen molar-refractivity contribution in [2.45, 2.75) is 13.0 Å². The molecule has 0 fully saturated rings. The second-order valence-electron chi connectivity index (χ2n) is 5.10. The maximum absolute atomic E-state index is 11.1. The first kappa shape index (κ1) is 15.1. The number of nitrogens with zero attached hydrogens (tertiary/aromatic N) is 4. The van der Waals surface area contributed by atoms with Gasteiger partial charge in [-0.2, -0.15) is 4.98 Å².